The second-order valence-electron chi connectivity index (χ2n) is 6.79. The summed E-state index contributed by atoms with van der Waals surface area (Å²) < 4.78 is 0. The van der Waals surface area contributed by atoms with Crippen molar-refractivity contribution in [2.75, 3.05) is 17.4 Å². The number of hydrazine groups is 1. The number of nitrogens with zero attached hydrogens (tertiary/aromatic N) is 3. The van der Waals surface area contributed by atoms with Gasteiger partial charge in [-0.3, -0.25) is 0 Å². The lowest BCUT2D eigenvalue weighted by Crippen LogP contribution is -2.32. The van der Waals surface area contributed by atoms with Gasteiger partial charge in [0.25, 0.3) is 0 Å². The average Bonchev–Trinajstić information content (AvgIpc) is 2.90. The van der Waals surface area contributed by atoms with Gasteiger partial charge in [-0.1, -0.05) is 33.6 Å². The summed E-state index contributed by atoms with van der Waals surface area (Å²) in [6.07, 6.45) is 5.12. The van der Waals surface area contributed by atoms with Crippen molar-refractivity contribution in [1.29, 1.82) is 0 Å². The molecule has 0 amide bonds. The molecule has 5 heteroatoms. The van der Waals surface area contributed by atoms with Gasteiger partial charge >= 0.3 is 0 Å². The molecule has 0 bridgehead atoms. The van der Waals surface area contributed by atoms with E-state index < -0.39 is 0 Å². The van der Waals surface area contributed by atoms with Crippen molar-refractivity contribution >= 4 is 11.6 Å². The molecule has 0 radical (unpaired) electrons. The van der Waals surface area contributed by atoms with E-state index in [1.54, 1.807) is 0 Å². The summed E-state index contributed by atoms with van der Waals surface area (Å²) in [5.41, 5.74) is 3.65. The van der Waals surface area contributed by atoms with Crippen LogP contribution in [-0.4, -0.2) is 23.1 Å². The lowest BCUT2D eigenvalue weighted by atomic mass is 9.95. The molecule has 0 unspecified atom stereocenters. The molecule has 1 aromatic rings. The fourth-order valence-electron chi connectivity index (χ4n) is 2.79. The Kier molecular flexibility index (Phi) is 4.18. The zero-order chi connectivity index (χ0) is 14.9. The molecule has 0 saturated heterocycles. The van der Waals surface area contributed by atoms with Crippen molar-refractivity contribution < 1.29 is 0 Å². The van der Waals surface area contributed by atoms with Crippen molar-refractivity contribution in [2.45, 2.75) is 64.8 Å². The number of aromatic nitrogens is 2. The Hall–Kier alpha value is -1.36. The van der Waals surface area contributed by atoms with Gasteiger partial charge in [0.05, 0.1) is 0 Å². The third-order valence-electron chi connectivity index (χ3n) is 4.13. The molecule has 1 saturated carbocycles. The number of hydrogen-bond donors (Lipinski definition) is 2. The first-order valence-corrected chi connectivity index (χ1v) is 7.43. The van der Waals surface area contributed by atoms with Crippen LogP contribution in [0.2, 0.25) is 0 Å². The molecular weight excluding hydrogens is 250 g/mol. The minimum absolute atomic E-state index is 0.0927. The molecule has 3 N–H and O–H groups in total. The molecule has 112 valence electrons. The number of anilines is 2. The summed E-state index contributed by atoms with van der Waals surface area (Å²) in [5.74, 6) is 8.19. The van der Waals surface area contributed by atoms with Crippen molar-refractivity contribution in [3.05, 3.63) is 11.4 Å². The van der Waals surface area contributed by atoms with Crippen molar-refractivity contribution in [2.24, 2.45) is 5.84 Å². The first-order valence-electron chi connectivity index (χ1n) is 7.43. The van der Waals surface area contributed by atoms with Crippen LogP contribution in [0.15, 0.2) is 0 Å². The Balaban J connectivity index is 2.44. The number of hydrogen-bond acceptors (Lipinski definition) is 5. The SMILES string of the molecule is Cc1c(NN)nc(C(C)(C)C)nc1N(C)C1CCCC1. The number of nitrogens with one attached hydrogen (secondary N) is 1. The highest BCUT2D eigenvalue weighted by Crippen LogP contribution is 2.32. The topological polar surface area (TPSA) is 67.1 Å². The standard InChI is InChI=1S/C15H27N5/c1-10-12(19-16)17-14(15(2,3)4)18-13(10)20(5)11-8-6-7-9-11/h11H,6-9,16H2,1-5H3,(H,17,18,19). The van der Waals surface area contributed by atoms with Crippen LogP contribution in [0, 0.1) is 6.92 Å². The first-order chi connectivity index (χ1) is 9.34. The Morgan fingerprint density at radius 2 is 1.80 bits per heavy atom. The monoisotopic (exact) mass is 277 g/mol. The molecule has 1 fully saturated rings. The zero-order valence-corrected chi connectivity index (χ0v) is 13.3. The van der Waals surface area contributed by atoms with E-state index in [0.717, 1.165) is 23.0 Å². The molecule has 5 nitrogen and oxygen atoms in total. The van der Waals surface area contributed by atoms with Crippen LogP contribution in [0.4, 0.5) is 11.6 Å². The van der Waals surface area contributed by atoms with Crippen LogP contribution >= 0.6 is 0 Å². The molecule has 1 aromatic heterocycles. The Morgan fingerprint density at radius 1 is 1.20 bits per heavy atom. The van der Waals surface area contributed by atoms with Gasteiger partial charge in [0.15, 0.2) is 0 Å². The first kappa shape index (κ1) is 15.0. The van der Waals surface area contributed by atoms with Gasteiger partial charge in [0.2, 0.25) is 0 Å². The largest absolute Gasteiger partial charge is 0.356 e. The summed E-state index contributed by atoms with van der Waals surface area (Å²) in [5, 5.41) is 0. The summed E-state index contributed by atoms with van der Waals surface area (Å²) in [7, 11) is 2.14. The summed E-state index contributed by atoms with van der Waals surface area (Å²) >= 11 is 0. The van der Waals surface area contributed by atoms with E-state index in [0.29, 0.717) is 6.04 Å². The van der Waals surface area contributed by atoms with Gasteiger partial charge in [-0.05, 0) is 19.8 Å². The van der Waals surface area contributed by atoms with Gasteiger partial charge in [-0.15, -0.1) is 0 Å². The molecule has 1 aliphatic carbocycles. The molecule has 0 aromatic carbocycles. The fraction of sp³-hybridized carbons (Fsp3) is 0.733. The minimum atomic E-state index is -0.0927. The van der Waals surface area contributed by atoms with Crippen LogP contribution < -0.4 is 16.2 Å². The highest BCUT2D eigenvalue weighted by atomic mass is 15.3. The van der Waals surface area contributed by atoms with Gasteiger partial charge in [-0.2, -0.15) is 0 Å². The normalized spacial score (nSPS) is 16.5. The molecule has 1 heterocycles. The maximum Gasteiger partial charge on any atom is 0.148 e. The molecular formula is C15H27N5. The maximum atomic E-state index is 5.63. The molecule has 0 spiro atoms. The van der Waals surface area contributed by atoms with E-state index in [1.165, 1.54) is 25.7 Å². The number of rotatable bonds is 3. The Bertz CT molecular complexity index is 472. The highest BCUT2D eigenvalue weighted by Gasteiger charge is 2.26. The molecule has 0 aliphatic heterocycles. The van der Waals surface area contributed by atoms with Crippen LogP contribution in [0.25, 0.3) is 0 Å². The van der Waals surface area contributed by atoms with Crippen molar-refractivity contribution in [3.8, 4) is 0 Å². The predicted octanol–water partition coefficient (Wildman–Crippen LogP) is 2.75. The van der Waals surface area contributed by atoms with E-state index in [4.69, 9.17) is 10.8 Å². The van der Waals surface area contributed by atoms with E-state index in [-0.39, 0.29) is 5.41 Å². The lowest BCUT2D eigenvalue weighted by Gasteiger charge is -2.29. The van der Waals surface area contributed by atoms with Gasteiger partial charge in [0.1, 0.15) is 17.5 Å². The van der Waals surface area contributed by atoms with Crippen LogP contribution in [0.3, 0.4) is 0 Å². The van der Waals surface area contributed by atoms with E-state index >= 15 is 0 Å². The average molecular weight is 277 g/mol. The van der Waals surface area contributed by atoms with Crippen molar-refractivity contribution in [3.63, 3.8) is 0 Å². The predicted molar refractivity (Wildman–Crippen MR) is 83.9 cm³/mol. The van der Waals surface area contributed by atoms with Crippen LogP contribution in [0.5, 0.6) is 0 Å². The summed E-state index contributed by atoms with van der Waals surface area (Å²) in [4.78, 5) is 11.7. The molecule has 0 atom stereocenters. The molecule has 1 aliphatic rings. The smallest absolute Gasteiger partial charge is 0.148 e. The van der Waals surface area contributed by atoms with Gasteiger partial charge < -0.3 is 10.3 Å². The quantitative estimate of drug-likeness (QED) is 0.657. The third-order valence-corrected chi connectivity index (χ3v) is 4.13. The highest BCUT2D eigenvalue weighted by molar-refractivity contribution is 5.58. The van der Waals surface area contributed by atoms with E-state index in [1.807, 2.05) is 6.92 Å². The lowest BCUT2D eigenvalue weighted by molar-refractivity contribution is 0.541. The second kappa shape index (κ2) is 5.56. The van der Waals surface area contributed by atoms with Crippen molar-refractivity contribution in [1.82, 2.24) is 9.97 Å². The summed E-state index contributed by atoms with van der Waals surface area (Å²) in [6.45, 7) is 8.40. The molecule has 20 heavy (non-hydrogen) atoms. The fourth-order valence-corrected chi connectivity index (χ4v) is 2.79. The Labute approximate surface area is 121 Å². The molecule has 2 rings (SSSR count). The van der Waals surface area contributed by atoms with Gasteiger partial charge in [-0.25, -0.2) is 15.8 Å². The third kappa shape index (κ3) is 2.87. The van der Waals surface area contributed by atoms with E-state index in [9.17, 15) is 0 Å². The van der Waals surface area contributed by atoms with E-state index in [2.05, 4.69) is 43.1 Å². The van der Waals surface area contributed by atoms with Crippen LogP contribution in [0.1, 0.15) is 57.8 Å². The number of nitrogens with two attached hydrogens (primary N) is 1. The Morgan fingerprint density at radius 3 is 2.30 bits per heavy atom. The maximum absolute atomic E-state index is 5.63. The second-order valence-corrected chi connectivity index (χ2v) is 6.79. The van der Waals surface area contributed by atoms with Gasteiger partial charge in [0, 0.05) is 24.1 Å². The summed E-state index contributed by atoms with van der Waals surface area (Å²) in [6, 6.07) is 0.585. The minimum Gasteiger partial charge on any atom is -0.356 e. The van der Waals surface area contributed by atoms with Crippen LogP contribution in [-0.2, 0) is 5.41 Å². The zero-order valence-electron chi connectivity index (χ0n) is 13.3. The number of nitrogen functional groups attached to an aromatic ring is 1.